The smallest absolute Gasteiger partial charge is 0.0647 e. The van der Waals surface area contributed by atoms with Crippen LogP contribution in [0.1, 0.15) is 24.8 Å². The van der Waals surface area contributed by atoms with Crippen molar-refractivity contribution in [2.75, 3.05) is 0 Å². The summed E-state index contributed by atoms with van der Waals surface area (Å²) in [4.78, 5) is 3.27. The average molecular weight is 249 g/mol. The van der Waals surface area contributed by atoms with Gasteiger partial charge in [-0.2, -0.15) is 0 Å². The molecule has 1 heterocycles. The molecule has 0 saturated heterocycles. The van der Waals surface area contributed by atoms with E-state index < -0.39 is 0 Å². The van der Waals surface area contributed by atoms with Crippen LogP contribution in [-0.2, 0) is 6.42 Å². The Bertz CT molecular complexity index is 532. The van der Waals surface area contributed by atoms with Crippen molar-refractivity contribution < 1.29 is 0 Å². The van der Waals surface area contributed by atoms with Gasteiger partial charge in [0.05, 0.1) is 10.5 Å². The molecule has 3 rings (SSSR count). The average Bonchev–Trinajstić information content (AvgIpc) is 2.89. The van der Waals surface area contributed by atoms with Gasteiger partial charge in [-0.3, -0.25) is 0 Å². The Kier molecular flexibility index (Phi) is 2.85. The maximum Gasteiger partial charge on any atom is 0.0647 e. The minimum atomic E-state index is 0.374. The van der Waals surface area contributed by atoms with E-state index in [1.165, 1.54) is 30.2 Å². The van der Waals surface area contributed by atoms with Gasteiger partial charge in [-0.05, 0) is 36.8 Å². The van der Waals surface area contributed by atoms with E-state index in [9.17, 15) is 0 Å². The van der Waals surface area contributed by atoms with Gasteiger partial charge in [0.15, 0.2) is 0 Å². The first kappa shape index (κ1) is 11.1. The molecule has 0 bridgehead atoms. The monoisotopic (exact) mass is 248 g/mol. The van der Waals surface area contributed by atoms with Crippen LogP contribution in [0.3, 0.4) is 0 Å². The van der Waals surface area contributed by atoms with Crippen LogP contribution >= 0.6 is 11.6 Å². The highest BCUT2D eigenvalue weighted by Crippen LogP contribution is 2.31. The lowest BCUT2D eigenvalue weighted by atomic mass is 9.95. The van der Waals surface area contributed by atoms with Crippen LogP contribution in [0.5, 0.6) is 0 Å². The molecule has 17 heavy (non-hydrogen) atoms. The van der Waals surface area contributed by atoms with Crippen molar-refractivity contribution in [1.29, 1.82) is 0 Å². The van der Waals surface area contributed by atoms with Gasteiger partial charge in [0.25, 0.3) is 0 Å². The molecule has 0 spiro atoms. The number of nitrogens with two attached hydrogens (primary N) is 1. The Labute approximate surface area is 106 Å². The SMILES string of the molecule is NC1CCCC1Cc1c[nH]c2c(Cl)cccc12. The fraction of sp³-hybridized carbons (Fsp3) is 0.429. The fourth-order valence-electron chi connectivity index (χ4n) is 2.95. The van der Waals surface area contributed by atoms with Crippen molar-refractivity contribution in [3.05, 3.63) is 35.0 Å². The second-order valence-corrected chi connectivity index (χ2v) is 5.44. The van der Waals surface area contributed by atoms with E-state index in [0.717, 1.165) is 17.0 Å². The van der Waals surface area contributed by atoms with Crippen LogP contribution in [0.4, 0.5) is 0 Å². The number of rotatable bonds is 2. The molecule has 1 aromatic heterocycles. The van der Waals surface area contributed by atoms with Gasteiger partial charge in [-0.1, -0.05) is 30.2 Å². The first-order valence-electron chi connectivity index (χ1n) is 6.26. The minimum Gasteiger partial charge on any atom is -0.360 e. The van der Waals surface area contributed by atoms with E-state index in [4.69, 9.17) is 17.3 Å². The number of para-hydroxylation sites is 1. The van der Waals surface area contributed by atoms with Gasteiger partial charge in [-0.15, -0.1) is 0 Å². The van der Waals surface area contributed by atoms with E-state index in [-0.39, 0.29) is 0 Å². The zero-order valence-corrected chi connectivity index (χ0v) is 10.5. The number of fused-ring (bicyclic) bond motifs is 1. The quantitative estimate of drug-likeness (QED) is 0.839. The number of nitrogens with one attached hydrogen (secondary N) is 1. The Hall–Kier alpha value is -0.990. The second kappa shape index (κ2) is 4.35. The van der Waals surface area contributed by atoms with Gasteiger partial charge in [0.2, 0.25) is 0 Å². The summed E-state index contributed by atoms with van der Waals surface area (Å²) in [7, 11) is 0. The van der Waals surface area contributed by atoms with E-state index >= 15 is 0 Å². The van der Waals surface area contributed by atoms with Gasteiger partial charge in [0.1, 0.15) is 0 Å². The van der Waals surface area contributed by atoms with Crippen molar-refractivity contribution in [1.82, 2.24) is 4.98 Å². The van der Waals surface area contributed by atoms with Crippen LogP contribution in [0.2, 0.25) is 5.02 Å². The Morgan fingerprint density at radius 3 is 3.00 bits per heavy atom. The van der Waals surface area contributed by atoms with Crippen molar-refractivity contribution in [3.63, 3.8) is 0 Å². The van der Waals surface area contributed by atoms with Gasteiger partial charge < -0.3 is 10.7 Å². The van der Waals surface area contributed by atoms with Crippen LogP contribution in [0, 0.1) is 5.92 Å². The molecule has 1 aromatic carbocycles. The molecule has 2 nitrogen and oxygen atoms in total. The molecule has 1 saturated carbocycles. The predicted octanol–water partition coefficient (Wildman–Crippen LogP) is 3.49. The third-order valence-corrected chi connectivity index (χ3v) is 4.27. The highest BCUT2D eigenvalue weighted by Gasteiger charge is 2.24. The number of hydrogen-bond acceptors (Lipinski definition) is 1. The van der Waals surface area contributed by atoms with Crippen molar-refractivity contribution in [3.8, 4) is 0 Å². The number of aromatic nitrogens is 1. The highest BCUT2D eigenvalue weighted by molar-refractivity contribution is 6.35. The summed E-state index contributed by atoms with van der Waals surface area (Å²) in [6.07, 6.45) is 6.86. The fourth-order valence-corrected chi connectivity index (χ4v) is 3.17. The minimum absolute atomic E-state index is 0.374. The van der Waals surface area contributed by atoms with Gasteiger partial charge in [0, 0.05) is 17.6 Å². The number of aromatic amines is 1. The molecule has 3 N–H and O–H groups in total. The molecular formula is C14H17ClN2. The summed E-state index contributed by atoms with van der Waals surface area (Å²) < 4.78 is 0. The summed E-state index contributed by atoms with van der Waals surface area (Å²) in [5, 5.41) is 2.04. The number of benzene rings is 1. The molecule has 0 amide bonds. The molecule has 2 unspecified atom stereocenters. The van der Waals surface area contributed by atoms with E-state index in [0.29, 0.717) is 12.0 Å². The van der Waals surface area contributed by atoms with Crippen molar-refractivity contribution >= 4 is 22.5 Å². The zero-order valence-electron chi connectivity index (χ0n) is 9.75. The van der Waals surface area contributed by atoms with E-state index in [1.54, 1.807) is 0 Å². The van der Waals surface area contributed by atoms with E-state index in [1.807, 2.05) is 12.1 Å². The number of H-pyrrole nitrogens is 1. The summed E-state index contributed by atoms with van der Waals surface area (Å²) in [5.41, 5.74) is 8.54. The zero-order chi connectivity index (χ0) is 11.8. The van der Waals surface area contributed by atoms with Gasteiger partial charge in [-0.25, -0.2) is 0 Å². The summed E-state index contributed by atoms with van der Waals surface area (Å²) in [6, 6.07) is 6.44. The molecule has 3 heteroatoms. The molecule has 0 aliphatic heterocycles. The number of halogens is 1. The third-order valence-electron chi connectivity index (χ3n) is 3.95. The second-order valence-electron chi connectivity index (χ2n) is 5.04. The molecule has 1 aliphatic carbocycles. The maximum absolute atomic E-state index is 6.16. The lowest BCUT2D eigenvalue weighted by molar-refractivity contribution is 0.480. The number of hydrogen-bond donors (Lipinski definition) is 2. The predicted molar refractivity (Wildman–Crippen MR) is 72.3 cm³/mol. The van der Waals surface area contributed by atoms with Crippen LogP contribution in [0.15, 0.2) is 24.4 Å². The largest absolute Gasteiger partial charge is 0.360 e. The lowest BCUT2D eigenvalue weighted by Gasteiger charge is -2.14. The molecule has 1 aliphatic rings. The standard InChI is InChI=1S/C14H17ClN2/c15-12-5-2-4-11-10(8-17-14(11)12)7-9-3-1-6-13(9)16/h2,4-5,8-9,13,17H,1,3,6-7,16H2. The molecule has 2 aromatic rings. The summed E-state index contributed by atoms with van der Waals surface area (Å²) in [5.74, 6) is 0.632. The topological polar surface area (TPSA) is 41.8 Å². The first-order chi connectivity index (χ1) is 8.25. The summed E-state index contributed by atoms with van der Waals surface area (Å²) >= 11 is 6.16. The lowest BCUT2D eigenvalue weighted by Crippen LogP contribution is -2.25. The molecule has 2 atom stereocenters. The normalized spacial score (nSPS) is 24.6. The van der Waals surface area contributed by atoms with E-state index in [2.05, 4.69) is 17.2 Å². The summed E-state index contributed by atoms with van der Waals surface area (Å²) in [6.45, 7) is 0. The molecular weight excluding hydrogens is 232 g/mol. The maximum atomic E-state index is 6.16. The first-order valence-corrected chi connectivity index (χ1v) is 6.63. The Morgan fingerprint density at radius 1 is 1.35 bits per heavy atom. The van der Waals surface area contributed by atoms with Gasteiger partial charge >= 0.3 is 0 Å². The Balaban J connectivity index is 1.93. The third kappa shape index (κ3) is 1.96. The van der Waals surface area contributed by atoms with Crippen molar-refractivity contribution in [2.45, 2.75) is 31.7 Å². The molecule has 1 fully saturated rings. The molecule has 0 radical (unpaired) electrons. The Morgan fingerprint density at radius 2 is 2.24 bits per heavy atom. The van der Waals surface area contributed by atoms with Crippen LogP contribution < -0.4 is 5.73 Å². The van der Waals surface area contributed by atoms with Crippen molar-refractivity contribution in [2.24, 2.45) is 11.7 Å². The van der Waals surface area contributed by atoms with Crippen LogP contribution in [0.25, 0.3) is 10.9 Å². The molecule has 90 valence electrons. The van der Waals surface area contributed by atoms with Crippen LogP contribution in [-0.4, -0.2) is 11.0 Å². The highest BCUT2D eigenvalue weighted by atomic mass is 35.5.